The molecule has 16 heavy (non-hydrogen) atoms. The van der Waals surface area contributed by atoms with Crippen molar-refractivity contribution in [3.05, 3.63) is 48.0 Å². The largest absolute Gasteiger partial charge is 0.349 e. The maximum Gasteiger partial charge on any atom is 0.251 e. The minimum Gasteiger partial charge on any atom is -0.349 e. The molecular formula is C13H14N2O. The molecule has 0 radical (unpaired) electrons. The summed E-state index contributed by atoms with van der Waals surface area (Å²) in [5.41, 5.74) is 1.12. The van der Waals surface area contributed by atoms with Gasteiger partial charge in [0.1, 0.15) is 0 Å². The van der Waals surface area contributed by atoms with E-state index >= 15 is 0 Å². The van der Waals surface area contributed by atoms with Crippen LogP contribution in [0.5, 0.6) is 0 Å². The van der Waals surface area contributed by atoms with Crippen LogP contribution in [0, 0.1) is 11.3 Å². The molecule has 1 amide bonds. The van der Waals surface area contributed by atoms with Crippen LogP contribution in [-0.4, -0.2) is 11.9 Å². The molecule has 0 fully saturated rings. The van der Waals surface area contributed by atoms with Gasteiger partial charge in [-0.25, -0.2) is 0 Å². The number of rotatable bonds is 4. The van der Waals surface area contributed by atoms with Crippen LogP contribution in [0.2, 0.25) is 0 Å². The molecule has 0 aromatic heterocycles. The van der Waals surface area contributed by atoms with E-state index in [0.717, 1.165) is 6.42 Å². The van der Waals surface area contributed by atoms with Gasteiger partial charge in [-0.2, -0.15) is 5.26 Å². The van der Waals surface area contributed by atoms with Crippen LogP contribution in [0.15, 0.2) is 36.9 Å². The zero-order chi connectivity index (χ0) is 12.0. The molecule has 0 aliphatic carbocycles. The average molecular weight is 214 g/mol. The number of amides is 1. The fraction of sp³-hybridized carbons (Fsp3) is 0.231. The van der Waals surface area contributed by atoms with E-state index in [9.17, 15) is 4.79 Å². The molecule has 1 atom stereocenters. The molecular weight excluding hydrogens is 200 g/mol. The second-order valence-corrected chi connectivity index (χ2v) is 3.59. The Balaban J connectivity index is 2.66. The lowest BCUT2D eigenvalue weighted by Crippen LogP contribution is -2.32. The van der Waals surface area contributed by atoms with E-state index in [0.29, 0.717) is 11.1 Å². The summed E-state index contributed by atoms with van der Waals surface area (Å²) in [5.74, 6) is -0.126. The summed E-state index contributed by atoms with van der Waals surface area (Å²) in [6, 6.07) is 8.64. The van der Waals surface area contributed by atoms with Crippen molar-refractivity contribution in [1.82, 2.24) is 5.32 Å². The minimum atomic E-state index is -0.126. The third-order valence-electron chi connectivity index (χ3n) is 2.17. The lowest BCUT2D eigenvalue weighted by molar-refractivity contribution is 0.0940. The first kappa shape index (κ1) is 12.0. The van der Waals surface area contributed by atoms with Crippen molar-refractivity contribution in [3.63, 3.8) is 0 Å². The molecule has 3 nitrogen and oxygen atoms in total. The van der Waals surface area contributed by atoms with E-state index in [-0.39, 0.29) is 11.9 Å². The number of hydrogen-bond acceptors (Lipinski definition) is 2. The van der Waals surface area contributed by atoms with Gasteiger partial charge in [-0.15, -0.1) is 6.58 Å². The third kappa shape index (κ3) is 3.25. The zero-order valence-electron chi connectivity index (χ0n) is 9.23. The summed E-state index contributed by atoms with van der Waals surface area (Å²) < 4.78 is 0. The number of carbonyl (C=O) groups is 1. The molecule has 0 bridgehead atoms. The second-order valence-electron chi connectivity index (χ2n) is 3.59. The Morgan fingerprint density at radius 3 is 2.69 bits per heavy atom. The number of hydrogen-bond donors (Lipinski definition) is 1. The molecule has 0 heterocycles. The van der Waals surface area contributed by atoms with Crippen LogP contribution in [0.4, 0.5) is 0 Å². The number of nitrogens with one attached hydrogen (secondary N) is 1. The van der Waals surface area contributed by atoms with Crippen LogP contribution in [0.3, 0.4) is 0 Å². The highest BCUT2D eigenvalue weighted by Crippen LogP contribution is 2.04. The van der Waals surface area contributed by atoms with E-state index in [1.807, 2.05) is 13.0 Å². The van der Waals surface area contributed by atoms with Gasteiger partial charge in [0.2, 0.25) is 0 Å². The fourth-order valence-electron chi connectivity index (χ4n) is 1.31. The molecule has 0 spiro atoms. The summed E-state index contributed by atoms with van der Waals surface area (Å²) in [6.07, 6.45) is 2.51. The Morgan fingerprint density at radius 1 is 1.56 bits per heavy atom. The van der Waals surface area contributed by atoms with Gasteiger partial charge in [0.15, 0.2) is 0 Å². The lowest BCUT2D eigenvalue weighted by atomic mass is 10.1. The van der Waals surface area contributed by atoms with Crippen LogP contribution in [-0.2, 0) is 0 Å². The molecule has 0 saturated carbocycles. The highest BCUT2D eigenvalue weighted by Gasteiger charge is 2.08. The molecule has 0 aliphatic heterocycles. The smallest absolute Gasteiger partial charge is 0.251 e. The van der Waals surface area contributed by atoms with Gasteiger partial charge in [0, 0.05) is 11.6 Å². The van der Waals surface area contributed by atoms with Crippen LogP contribution in [0.25, 0.3) is 0 Å². The summed E-state index contributed by atoms with van der Waals surface area (Å²) in [6.45, 7) is 5.54. The van der Waals surface area contributed by atoms with Gasteiger partial charge in [-0.3, -0.25) is 4.79 Å². The van der Waals surface area contributed by atoms with Gasteiger partial charge >= 0.3 is 0 Å². The lowest BCUT2D eigenvalue weighted by Gasteiger charge is -2.11. The van der Waals surface area contributed by atoms with Crippen LogP contribution < -0.4 is 5.32 Å². The van der Waals surface area contributed by atoms with Gasteiger partial charge in [-0.1, -0.05) is 6.08 Å². The molecule has 82 valence electrons. The standard InChI is InChI=1S/C13H14N2O/c1-3-4-10(2)15-13(16)12-7-5-11(9-14)6-8-12/h3,5-8,10H,1,4H2,2H3,(H,15,16). The molecule has 0 aliphatic rings. The molecule has 1 N–H and O–H groups in total. The van der Waals surface area contributed by atoms with Crippen molar-refractivity contribution < 1.29 is 4.79 Å². The SMILES string of the molecule is C=CCC(C)NC(=O)c1ccc(C#N)cc1. The quantitative estimate of drug-likeness (QED) is 0.781. The Morgan fingerprint density at radius 2 is 2.19 bits per heavy atom. The van der Waals surface area contributed by atoms with Crippen molar-refractivity contribution >= 4 is 5.91 Å². The van der Waals surface area contributed by atoms with Gasteiger partial charge in [0.25, 0.3) is 5.91 Å². The van der Waals surface area contributed by atoms with Crippen molar-refractivity contribution in [3.8, 4) is 6.07 Å². The Kier molecular flexibility index (Phi) is 4.28. The minimum absolute atomic E-state index is 0.0700. The van der Waals surface area contributed by atoms with Crippen molar-refractivity contribution in [2.75, 3.05) is 0 Å². The van der Waals surface area contributed by atoms with Gasteiger partial charge in [0.05, 0.1) is 11.6 Å². The number of nitrogens with zero attached hydrogens (tertiary/aromatic N) is 1. The maximum absolute atomic E-state index is 11.7. The molecule has 3 heteroatoms. The molecule has 1 aromatic carbocycles. The van der Waals surface area contributed by atoms with Crippen molar-refractivity contribution in [1.29, 1.82) is 5.26 Å². The van der Waals surface area contributed by atoms with Crippen molar-refractivity contribution in [2.24, 2.45) is 0 Å². The Hall–Kier alpha value is -2.08. The second kappa shape index (κ2) is 5.72. The molecule has 0 saturated heterocycles. The number of nitriles is 1. The summed E-state index contributed by atoms with van der Waals surface area (Å²) in [7, 11) is 0. The van der Waals surface area contributed by atoms with Crippen LogP contribution >= 0.6 is 0 Å². The Bertz CT molecular complexity index is 415. The summed E-state index contributed by atoms with van der Waals surface area (Å²) in [5, 5.41) is 11.5. The molecule has 1 aromatic rings. The predicted octanol–water partition coefficient (Wildman–Crippen LogP) is 2.25. The molecule has 1 rings (SSSR count). The predicted molar refractivity (Wildman–Crippen MR) is 62.9 cm³/mol. The van der Waals surface area contributed by atoms with E-state index in [1.54, 1.807) is 30.3 Å². The Labute approximate surface area is 95.4 Å². The highest BCUT2D eigenvalue weighted by atomic mass is 16.1. The first-order valence-corrected chi connectivity index (χ1v) is 5.09. The van der Waals surface area contributed by atoms with E-state index in [1.165, 1.54) is 0 Å². The summed E-state index contributed by atoms with van der Waals surface area (Å²) >= 11 is 0. The average Bonchev–Trinajstić information content (AvgIpc) is 2.29. The number of benzene rings is 1. The van der Waals surface area contributed by atoms with E-state index < -0.39 is 0 Å². The first-order valence-electron chi connectivity index (χ1n) is 5.09. The van der Waals surface area contributed by atoms with E-state index in [2.05, 4.69) is 11.9 Å². The van der Waals surface area contributed by atoms with Crippen LogP contribution in [0.1, 0.15) is 29.3 Å². The van der Waals surface area contributed by atoms with E-state index in [4.69, 9.17) is 5.26 Å². The highest BCUT2D eigenvalue weighted by molar-refractivity contribution is 5.94. The monoisotopic (exact) mass is 214 g/mol. The normalized spacial score (nSPS) is 11.2. The van der Waals surface area contributed by atoms with Gasteiger partial charge < -0.3 is 5.32 Å². The summed E-state index contributed by atoms with van der Waals surface area (Å²) in [4.78, 5) is 11.7. The zero-order valence-corrected chi connectivity index (χ0v) is 9.23. The van der Waals surface area contributed by atoms with Gasteiger partial charge in [-0.05, 0) is 37.6 Å². The van der Waals surface area contributed by atoms with Crippen molar-refractivity contribution in [2.45, 2.75) is 19.4 Å². The number of carbonyl (C=O) groups excluding carboxylic acids is 1. The maximum atomic E-state index is 11.7. The molecule has 1 unspecified atom stereocenters. The third-order valence-corrected chi connectivity index (χ3v) is 2.17. The first-order chi connectivity index (χ1) is 7.67. The fourth-order valence-corrected chi connectivity index (χ4v) is 1.31. The topological polar surface area (TPSA) is 52.9 Å².